The first-order valence-electron chi connectivity index (χ1n) is 6.90. The molecule has 0 amide bonds. The summed E-state index contributed by atoms with van der Waals surface area (Å²) in [5.74, 6) is 2.13. The van der Waals surface area contributed by atoms with Crippen molar-refractivity contribution in [1.29, 1.82) is 0 Å². The van der Waals surface area contributed by atoms with Gasteiger partial charge in [0.25, 0.3) is 0 Å². The predicted molar refractivity (Wildman–Crippen MR) is 74.0 cm³/mol. The van der Waals surface area contributed by atoms with Gasteiger partial charge in [0.15, 0.2) is 0 Å². The lowest BCUT2D eigenvalue weighted by Crippen LogP contribution is -2.15. The first-order valence-corrected chi connectivity index (χ1v) is 6.90. The van der Waals surface area contributed by atoms with E-state index in [1.165, 1.54) is 25.0 Å². The van der Waals surface area contributed by atoms with Crippen molar-refractivity contribution in [2.45, 2.75) is 39.0 Å². The minimum absolute atomic E-state index is 0.264. The first kappa shape index (κ1) is 13.2. The normalized spacial score (nSPS) is 14.5. The number of rotatable bonds is 6. The second-order valence-corrected chi connectivity index (χ2v) is 5.22. The molecule has 0 atom stereocenters. The maximum absolute atomic E-state index is 12.8. The van der Waals surface area contributed by atoms with Crippen LogP contribution in [0.1, 0.15) is 29.9 Å². The number of nitrogens with one attached hydrogen (secondary N) is 1. The minimum Gasteiger partial charge on any atom is -0.486 e. The number of hydrogen-bond acceptors (Lipinski definition) is 3. The van der Waals surface area contributed by atoms with Crippen LogP contribution in [0.15, 0.2) is 34.7 Å². The molecule has 20 heavy (non-hydrogen) atoms. The maximum Gasteiger partial charge on any atom is 0.146 e. The molecule has 0 aliphatic heterocycles. The molecule has 0 unspecified atom stereocenters. The van der Waals surface area contributed by atoms with Gasteiger partial charge >= 0.3 is 0 Å². The third-order valence-corrected chi connectivity index (χ3v) is 3.39. The Morgan fingerprint density at radius 3 is 2.75 bits per heavy atom. The molecule has 0 spiro atoms. The summed E-state index contributed by atoms with van der Waals surface area (Å²) < 4.78 is 24.1. The van der Waals surface area contributed by atoms with Crippen LogP contribution in [0.25, 0.3) is 0 Å². The molecule has 0 saturated heterocycles. The molecule has 1 N–H and O–H groups in total. The van der Waals surface area contributed by atoms with Crippen LogP contribution in [0.3, 0.4) is 0 Å². The second kappa shape index (κ2) is 5.67. The zero-order valence-electron chi connectivity index (χ0n) is 11.5. The SMILES string of the molecule is Cc1cc(COc2ccc(F)cc2)oc1CNC1CC1. The maximum atomic E-state index is 12.8. The summed E-state index contributed by atoms with van der Waals surface area (Å²) >= 11 is 0. The Morgan fingerprint density at radius 1 is 1.30 bits per heavy atom. The number of aryl methyl sites for hydroxylation is 1. The van der Waals surface area contributed by atoms with E-state index in [2.05, 4.69) is 5.32 Å². The highest BCUT2D eigenvalue weighted by Gasteiger charge is 2.21. The molecule has 0 bridgehead atoms. The molecule has 1 fully saturated rings. The van der Waals surface area contributed by atoms with E-state index in [0.717, 1.165) is 23.6 Å². The van der Waals surface area contributed by atoms with Crippen molar-refractivity contribution in [3.63, 3.8) is 0 Å². The van der Waals surface area contributed by atoms with Crippen molar-refractivity contribution >= 4 is 0 Å². The fraction of sp³-hybridized carbons (Fsp3) is 0.375. The highest BCUT2D eigenvalue weighted by Crippen LogP contribution is 2.22. The van der Waals surface area contributed by atoms with Crippen LogP contribution in [-0.2, 0) is 13.2 Å². The molecule has 106 valence electrons. The molecular weight excluding hydrogens is 257 g/mol. The molecule has 1 aromatic carbocycles. The predicted octanol–water partition coefficient (Wildman–Crippen LogP) is 3.56. The van der Waals surface area contributed by atoms with Crippen LogP contribution < -0.4 is 10.1 Å². The summed E-state index contributed by atoms with van der Waals surface area (Å²) in [5.41, 5.74) is 1.14. The monoisotopic (exact) mass is 275 g/mol. The Hall–Kier alpha value is -1.81. The average Bonchev–Trinajstić information content (AvgIpc) is 3.20. The summed E-state index contributed by atoms with van der Waals surface area (Å²) in [6.45, 7) is 3.16. The van der Waals surface area contributed by atoms with E-state index in [4.69, 9.17) is 9.15 Å². The van der Waals surface area contributed by atoms with Crippen LogP contribution in [0.2, 0.25) is 0 Å². The fourth-order valence-electron chi connectivity index (χ4n) is 2.05. The molecule has 3 rings (SSSR count). The molecular formula is C16H18FNO2. The number of halogens is 1. The van der Waals surface area contributed by atoms with E-state index in [-0.39, 0.29) is 5.82 Å². The van der Waals surface area contributed by atoms with Crippen LogP contribution >= 0.6 is 0 Å². The zero-order valence-corrected chi connectivity index (χ0v) is 11.5. The summed E-state index contributed by atoms with van der Waals surface area (Å²) in [7, 11) is 0. The number of benzene rings is 1. The largest absolute Gasteiger partial charge is 0.486 e. The Bertz CT molecular complexity index is 573. The standard InChI is InChI=1S/C16H18FNO2/c1-11-8-15(20-16(11)9-18-13-4-5-13)10-19-14-6-2-12(17)3-7-14/h2-3,6-8,13,18H,4-5,9-10H2,1H3. The van der Waals surface area contributed by atoms with Crippen LogP contribution in [-0.4, -0.2) is 6.04 Å². The van der Waals surface area contributed by atoms with Crippen molar-refractivity contribution < 1.29 is 13.5 Å². The lowest BCUT2D eigenvalue weighted by Gasteiger charge is -2.04. The van der Waals surface area contributed by atoms with Gasteiger partial charge in [-0.1, -0.05) is 0 Å². The van der Waals surface area contributed by atoms with E-state index in [1.807, 2.05) is 13.0 Å². The topological polar surface area (TPSA) is 34.4 Å². The Kier molecular flexibility index (Phi) is 3.74. The lowest BCUT2D eigenvalue weighted by molar-refractivity contribution is 0.264. The van der Waals surface area contributed by atoms with Crippen molar-refractivity contribution in [2.24, 2.45) is 0 Å². The van der Waals surface area contributed by atoms with Gasteiger partial charge in [-0.25, -0.2) is 4.39 Å². The molecule has 1 heterocycles. The smallest absolute Gasteiger partial charge is 0.146 e. The van der Waals surface area contributed by atoms with Gasteiger partial charge in [0.1, 0.15) is 29.7 Å². The van der Waals surface area contributed by atoms with E-state index < -0.39 is 0 Å². The summed E-state index contributed by atoms with van der Waals surface area (Å²) in [6, 6.07) is 8.65. The summed E-state index contributed by atoms with van der Waals surface area (Å²) in [4.78, 5) is 0. The van der Waals surface area contributed by atoms with Gasteiger partial charge in [-0.2, -0.15) is 0 Å². The summed E-state index contributed by atoms with van der Waals surface area (Å²) in [6.07, 6.45) is 2.53. The third-order valence-electron chi connectivity index (χ3n) is 3.39. The molecule has 4 heteroatoms. The quantitative estimate of drug-likeness (QED) is 0.875. The van der Waals surface area contributed by atoms with Crippen LogP contribution in [0, 0.1) is 12.7 Å². The van der Waals surface area contributed by atoms with Gasteiger partial charge in [0.05, 0.1) is 6.54 Å². The molecule has 1 aromatic heterocycles. The molecule has 1 aliphatic carbocycles. The molecule has 1 saturated carbocycles. The number of hydrogen-bond donors (Lipinski definition) is 1. The Labute approximate surface area is 117 Å². The zero-order chi connectivity index (χ0) is 13.9. The van der Waals surface area contributed by atoms with Gasteiger partial charge in [-0.15, -0.1) is 0 Å². The van der Waals surface area contributed by atoms with Crippen molar-refractivity contribution in [3.8, 4) is 5.75 Å². The lowest BCUT2D eigenvalue weighted by atomic mass is 10.2. The highest BCUT2D eigenvalue weighted by molar-refractivity contribution is 5.23. The van der Waals surface area contributed by atoms with Crippen molar-refractivity contribution in [1.82, 2.24) is 5.32 Å². The minimum atomic E-state index is -0.264. The van der Waals surface area contributed by atoms with Gasteiger partial charge in [0.2, 0.25) is 0 Å². The van der Waals surface area contributed by atoms with Gasteiger partial charge in [-0.3, -0.25) is 0 Å². The molecule has 2 aromatic rings. The van der Waals surface area contributed by atoms with Gasteiger partial charge in [-0.05, 0) is 55.7 Å². The van der Waals surface area contributed by atoms with E-state index >= 15 is 0 Å². The van der Waals surface area contributed by atoms with Crippen LogP contribution in [0.4, 0.5) is 4.39 Å². The van der Waals surface area contributed by atoms with E-state index in [9.17, 15) is 4.39 Å². The highest BCUT2D eigenvalue weighted by atomic mass is 19.1. The van der Waals surface area contributed by atoms with Crippen molar-refractivity contribution in [2.75, 3.05) is 0 Å². The molecule has 3 nitrogen and oxygen atoms in total. The average molecular weight is 275 g/mol. The second-order valence-electron chi connectivity index (χ2n) is 5.22. The van der Waals surface area contributed by atoms with E-state index in [1.54, 1.807) is 12.1 Å². The fourth-order valence-corrected chi connectivity index (χ4v) is 2.05. The van der Waals surface area contributed by atoms with Crippen LogP contribution in [0.5, 0.6) is 5.75 Å². The first-order chi connectivity index (χ1) is 9.70. The van der Waals surface area contributed by atoms with E-state index in [0.29, 0.717) is 18.4 Å². The molecule has 0 radical (unpaired) electrons. The van der Waals surface area contributed by atoms with Gasteiger partial charge in [0, 0.05) is 6.04 Å². The van der Waals surface area contributed by atoms with Gasteiger partial charge < -0.3 is 14.5 Å². The molecule has 1 aliphatic rings. The van der Waals surface area contributed by atoms with Crippen molar-refractivity contribution in [3.05, 3.63) is 53.2 Å². The summed E-state index contributed by atoms with van der Waals surface area (Å²) in [5, 5.41) is 3.43. The Morgan fingerprint density at radius 2 is 2.05 bits per heavy atom. The Balaban J connectivity index is 1.56. The number of furan rings is 1. The third kappa shape index (κ3) is 3.39. The number of ether oxygens (including phenoxy) is 1.